The Hall–Kier alpha value is -3.80. The zero-order chi connectivity index (χ0) is 20.5. The number of nitrogens with one attached hydrogen (secondary N) is 1. The molecule has 1 aliphatic rings. The topological polar surface area (TPSA) is 69.2 Å². The number of aromatic nitrogens is 2. The summed E-state index contributed by atoms with van der Waals surface area (Å²) < 4.78 is 14.8. The van der Waals surface area contributed by atoms with Gasteiger partial charge in [-0.05, 0) is 35.9 Å². The summed E-state index contributed by atoms with van der Waals surface area (Å²) in [6, 6.07) is 23.1. The van der Waals surface area contributed by atoms with E-state index >= 15 is 0 Å². The summed E-state index contributed by atoms with van der Waals surface area (Å²) in [7, 11) is 0. The molecule has 0 spiro atoms. The first-order chi connectivity index (χ1) is 14.7. The van der Waals surface area contributed by atoms with Gasteiger partial charge in [0.1, 0.15) is 13.2 Å². The molecule has 2 heterocycles. The van der Waals surface area contributed by atoms with Crippen molar-refractivity contribution in [2.75, 3.05) is 13.2 Å². The maximum absolute atomic E-state index is 13.1. The van der Waals surface area contributed by atoms with Gasteiger partial charge in [-0.3, -0.25) is 10.2 Å². The Balaban J connectivity index is 1.51. The van der Waals surface area contributed by atoms with Gasteiger partial charge in [-0.1, -0.05) is 42.5 Å². The third-order valence-electron chi connectivity index (χ3n) is 5.32. The Kier molecular flexibility index (Phi) is 4.59. The lowest BCUT2D eigenvalue weighted by atomic mass is 10.1. The number of hydrogen-bond acceptors (Lipinski definition) is 4. The van der Waals surface area contributed by atoms with E-state index in [9.17, 15) is 4.79 Å². The summed E-state index contributed by atoms with van der Waals surface area (Å²) >= 11 is 0. The van der Waals surface area contributed by atoms with Crippen LogP contribution in [-0.4, -0.2) is 28.1 Å². The van der Waals surface area contributed by atoms with Crippen molar-refractivity contribution in [1.82, 2.24) is 9.13 Å². The van der Waals surface area contributed by atoms with Crippen LogP contribution in [0.2, 0.25) is 0 Å². The van der Waals surface area contributed by atoms with Crippen molar-refractivity contribution in [2.45, 2.75) is 13.1 Å². The van der Waals surface area contributed by atoms with Gasteiger partial charge in [-0.25, -0.2) is 0 Å². The molecule has 1 aliphatic heterocycles. The van der Waals surface area contributed by atoms with Crippen molar-refractivity contribution in [3.63, 3.8) is 0 Å². The maximum atomic E-state index is 13.1. The molecule has 3 aromatic carbocycles. The van der Waals surface area contributed by atoms with Gasteiger partial charge in [0.25, 0.3) is 0 Å². The van der Waals surface area contributed by atoms with Crippen molar-refractivity contribution in [1.29, 1.82) is 5.41 Å². The molecule has 0 saturated heterocycles. The van der Waals surface area contributed by atoms with Crippen LogP contribution in [0.15, 0.2) is 72.8 Å². The Labute approximate surface area is 173 Å². The van der Waals surface area contributed by atoms with E-state index in [-0.39, 0.29) is 12.3 Å². The molecule has 5 rings (SSSR count). The van der Waals surface area contributed by atoms with Crippen LogP contribution in [0, 0.1) is 5.41 Å². The molecule has 0 atom stereocenters. The van der Waals surface area contributed by atoms with Crippen LogP contribution >= 0.6 is 0 Å². The molecule has 1 aromatic heterocycles. The molecule has 4 aromatic rings. The van der Waals surface area contributed by atoms with Crippen LogP contribution in [0.25, 0.3) is 11.0 Å². The fourth-order valence-electron chi connectivity index (χ4n) is 3.83. The molecule has 1 N–H and O–H groups in total. The van der Waals surface area contributed by atoms with Gasteiger partial charge in [0.15, 0.2) is 17.3 Å². The van der Waals surface area contributed by atoms with Gasteiger partial charge >= 0.3 is 0 Å². The molecule has 0 bridgehead atoms. The van der Waals surface area contributed by atoms with E-state index in [2.05, 4.69) is 0 Å². The molecule has 0 radical (unpaired) electrons. The predicted octanol–water partition coefficient (Wildman–Crippen LogP) is 3.62. The minimum atomic E-state index is -0.0758. The van der Waals surface area contributed by atoms with Gasteiger partial charge in [-0.15, -0.1) is 0 Å². The lowest BCUT2D eigenvalue weighted by molar-refractivity contribution is 0.0970. The zero-order valence-corrected chi connectivity index (χ0v) is 16.4. The van der Waals surface area contributed by atoms with Crippen LogP contribution in [0.4, 0.5) is 0 Å². The summed E-state index contributed by atoms with van der Waals surface area (Å²) in [5.74, 6) is 1.17. The van der Waals surface area contributed by atoms with E-state index in [1.807, 2.05) is 59.2 Å². The fourth-order valence-corrected chi connectivity index (χ4v) is 3.83. The first-order valence-corrected chi connectivity index (χ1v) is 9.90. The average molecular weight is 399 g/mol. The van der Waals surface area contributed by atoms with Crippen LogP contribution in [0.3, 0.4) is 0 Å². The molecule has 6 nitrogen and oxygen atoms in total. The minimum absolute atomic E-state index is 0.0758. The average Bonchev–Trinajstić information content (AvgIpc) is 3.05. The number of hydrogen-bond donors (Lipinski definition) is 1. The zero-order valence-electron chi connectivity index (χ0n) is 16.4. The van der Waals surface area contributed by atoms with Crippen molar-refractivity contribution < 1.29 is 14.3 Å². The highest BCUT2D eigenvalue weighted by atomic mass is 16.6. The number of Topliss-reactive ketones (excluding diaryl/α,β-unsaturated/α-hetero) is 1. The summed E-state index contributed by atoms with van der Waals surface area (Å²) in [5, 5.41) is 8.76. The van der Waals surface area contributed by atoms with Crippen molar-refractivity contribution in [3.8, 4) is 11.5 Å². The van der Waals surface area contributed by atoms with Gasteiger partial charge in [0.05, 0.1) is 24.1 Å². The van der Waals surface area contributed by atoms with Gasteiger partial charge in [-0.2, -0.15) is 0 Å². The van der Waals surface area contributed by atoms with E-state index in [0.717, 1.165) is 16.6 Å². The van der Waals surface area contributed by atoms with Crippen LogP contribution in [-0.2, 0) is 13.1 Å². The number of fused-ring (bicyclic) bond motifs is 2. The number of carbonyl (C=O) groups is 1. The van der Waals surface area contributed by atoms with Crippen LogP contribution in [0.5, 0.6) is 11.5 Å². The monoisotopic (exact) mass is 399 g/mol. The van der Waals surface area contributed by atoms with Crippen molar-refractivity contribution >= 4 is 16.8 Å². The summed E-state index contributed by atoms with van der Waals surface area (Å²) in [4.78, 5) is 13.1. The van der Waals surface area contributed by atoms with Gasteiger partial charge in [0.2, 0.25) is 5.62 Å². The maximum Gasteiger partial charge on any atom is 0.203 e. The van der Waals surface area contributed by atoms with Gasteiger partial charge in [0, 0.05) is 5.56 Å². The predicted molar refractivity (Wildman–Crippen MR) is 113 cm³/mol. The lowest BCUT2D eigenvalue weighted by Gasteiger charge is -2.18. The molecule has 0 aliphatic carbocycles. The minimum Gasteiger partial charge on any atom is -0.486 e. The van der Waals surface area contributed by atoms with E-state index in [1.54, 1.807) is 22.8 Å². The standard InChI is InChI=1S/C24H21N3O3/c25-24-26(15-17-6-2-1-3-7-17)19-8-4-5-9-20(19)27(24)16-21(28)18-10-11-22-23(14-18)30-13-12-29-22/h1-11,14,25H,12-13,15-16H2. The van der Waals surface area contributed by atoms with E-state index in [1.165, 1.54) is 0 Å². The second-order valence-corrected chi connectivity index (χ2v) is 7.25. The molecular weight excluding hydrogens is 378 g/mol. The van der Waals surface area contributed by atoms with Crippen molar-refractivity contribution in [2.24, 2.45) is 0 Å². The lowest BCUT2D eigenvalue weighted by Crippen LogP contribution is -2.27. The Morgan fingerprint density at radius 3 is 2.27 bits per heavy atom. The largest absolute Gasteiger partial charge is 0.486 e. The Morgan fingerprint density at radius 1 is 0.833 bits per heavy atom. The SMILES string of the molecule is N=c1n(CC(=O)c2ccc3c(c2)OCCO3)c2ccccc2n1Cc1ccccc1. The first kappa shape index (κ1) is 18.2. The molecule has 0 amide bonds. The summed E-state index contributed by atoms with van der Waals surface area (Å²) in [6.07, 6.45) is 0. The number of imidazole rings is 1. The highest BCUT2D eigenvalue weighted by Crippen LogP contribution is 2.31. The number of carbonyl (C=O) groups excluding carboxylic acids is 1. The second kappa shape index (κ2) is 7.55. The number of rotatable bonds is 5. The Morgan fingerprint density at radius 2 is 1.50 bits per heavy atom. The normalized spacial score (nSPS) is 12.8. The molecule has 150 valence electrons. The van der Waals surface area contributed by atoms with Crippen LogP contribution < -0.4 is 15.1 Å². The number of benzene rings is 3. The number of ether oxygens (including phenoxy) is 2. The molecule has 0 unspecified atom stereocenters. The number of nitrogens with zero attached hydrogens (tertiary/aromatic N) is 2. The Bertz CT molecular complexity index is 1290. The summed E-state index contributed by atoms with van der Waals surface area (Å²) in [5.41, 5.74) is 3.75. The van der Waals surface area contributed by atoms with Gasteiger partial charge < -0.3 is 18.6 Å². The third kappa shape index (κ3) is 3.26. The van der Waals surface area contributed by atoms with E-state index in [0.29, 0.717) is 42.4 Å². The third-order valence-corrected chi connectivity index (χ3v) is 5.32. The van der Waals surface area contributed by atoms with Crippen molar-refractivity contribution in [3.05, 3.63) is 89.5 Å². The van der Waals surface area contributed by atoms with E-state index < -0.39 is 0 Å². The molecule has 30 heavy (non-hydrogen) atoms. The van der Waals surface area contributed by atoms with Crippen LogP contribution in [0.1, 0.15) is 15.9 Å². The fraction of sp³-hybridized carbons (Fsp3) is 0.167. The smallest absolute Gasteiger partial charge is 0.203 e. The highest BCUT2D eigenvalue weighted by Gasteiger charge is 2.18. The number of ketones is 1. The van der Waals surface area contributed by atoms with E-state index in [4.69, 9.17) is 14.9 Å². The molecule has 0 saturated carbocycles. The second-order valence-electron chi connectivity index (χ2n) is 7.25. The molecular formula is C24H21N3O3. The molecule has 0 fully saturated rings. The number of para-hydroxylation sites is 2. The highest BCUT2D eigenvalue weighted by molar-refractivity contribution is 5.97. The first-order valence-electron chi connectivity index (χ1n) is 9.90. The molecule has 6 heteroatoms. The summed E-state index contributed by atoms with van der Waals surface area (Å²) in [6.45, 7) is 1.65. The quantitative estimate of drug-likeness (QED) is 0.521.